The average Bonchev–Trinajstić information content (AvgIpc) is 2.27. The number of nitrogens with one attached hydrogen (secondary N) is 1. The summed E-state index contributed by atoms with van der Waals surface area (Å²) in [6.45, 7) is 0.743. The topological polar surface area (TPSA) is 54.4 Å². The highest BCUT2D eigenvalue weighted by atomic mass is 19.4. The lowest BCUT2D eigenvalue weighted by molar-refractivity contribution is -0.137. The van der Waals surface area contributed by atoms with Crippen LogP contribution in [0.4, 0.5) is 19.0 Å². The molecule has 0 amide bonds. The molecule has 100 valence electrons. The van der Waals surface area contributed by atoms with E-state index < -0.39 is 17.2 Å². The van der Waals surface area contributed by atoms with Crippen LogP contribution in [-0.2, 0) is 10.9 Å². The number of halogens is 3. The van der Waals surface area contributed by atoms with Crippen LogP contribution in [0.15, 0.2) is 18.3 Å². The van der Waals surface area contributed by atoms with Crippen molar-refractivity contribution >= 4 is 5.82 Å². The summed E-state index contributed by atoms with van der Waals surface area (Å²) in [5.41, 5.74) is -1.31. The molecule has 0 aliphatic carbocycles. The molecule has 0 unspecified atom stereocenters. The first-order valence-electron chi connectivity index (χ1n) is 5.42. The van der Waals surface area contributed by atoms with E-state index in [4.69, 9.17) is 4.74 Å². The van der Waals surface area contributed by atoms with Crippen molar-refractivity contribution < 1.29 is 23.0 Å². The van der Waals surface area contributed by atoms with Crippen molar-refractivity contribution in [3.63, 3.8) is 0 Å². The van der Waals surface area contributed by atoms with E-state index in [0.29, 0.717) is 13.2 Å². The van der Waals surface area contributed by atoms with Crippen molar-refractivity contribution in [1.29, 1.82) is 0 Å². The van der Waals surface area contributed by atoms with Gasteiger partial charge in [0.2, 0.25) is 0 Å². The van der Waals surface area contributed by atoms with E-state index in [2.05, 4.69) is 10.3 Å². The molecule has 0 radical (unpaired) electrons. The van der Waals surface area contributed by atoms with Crippen LogP contribution >= 0.6 is 0 Å². The number of hydrogen-bond acceptors (Lipinski definition) is 4. The van der Waals surface area contributed by atoms with Crippen molar-refractivity contribution in [3.8, 4) is 0 Å². The molecule has 1 aliphatic heterocycles. The van der Waals surface area contributed by atoms with Crippen LogP contribution in [0.1, 0.15) is 5.56 Å². The van der Waals surface area contributed by atoms with Crippen molar-refractivity contribution in [3.05, 3.63) is 23.9 Å². The standard InChI is InChI=1S/C11H13F3N2O2/c12-11(13,14)8-2-1-3-15-9(8)16-4-10(5-17)6-18-7-10/h1-3,17H,4-7H2,(H,15,16). The van der Waals surface area contributed by atoms with Crippen LogP contribution < -0.4 is 5.32 Å². The van der Waals surface area contributed by atoms with Gasteiger partial charge in [0.25, 0.3) is 0 Å². The van der Waals surface area contributed by atoms with Gasteiger partial charge < -0.3 is 15.2 Å². The summed E-state index contributed by atoms with van der Waals surface area (Å²) in [7, 11) is 0. The minimum atomic E-state index is -4.45. The molecule has 1 aromatic rings. The van der Waals surface area contributed by atoms with Gasteiger partial charge in [0.15, 0.2) is 0 Å². The van der Waals surface area contributed by atoms with E-state index in [0.717, 1.165) is 6.07 Å². The Morgan fingerprint density at radius 2 is 2.17 bits per heavy atom. The first-order valence-corrected chi connectivity index (χ1v) is 5.42. The fraction of sp³-hybridized carbons (Fsp3) is 0.545. The van der Waals surface area contributed by atoms with Gasteiger partial charge in [-0.15, -0.1) is 0 Å². The first-order chi connectivity index (χ1) is 8.47. The van der Waals surface area contributed by atoms with Crippen LogP contribution in [0.5, 0.6) is 0 Å². The summed E-state index contributed by atoms with van der Waals surface area (Å²) in [5.74, 6) is -0.218. The third-order valence-electron chi connectivity index (χ3n) is 2.90. The molecule has 0 saturated carbocycles. The van der Waals surface area contributed by atoms with Crippen molar-refractivity contribution in [2.75, 3.05) is 31.7 Å². The third-order valence-corrected chi connectivity index (χ3v) is 2.90. The second-order valence-corrected chi connectivity index (χ2v) is 4.40. The second-order valence-electron chi connectivity index (χ2n) is 4.40. The van der Waals surface area contributed by atoms with Gasteiger partial charge >= 0.3 is 6.18 Å². The lowest BCUT2D eigenvalue weighted by atomic mass is 9.87. The summed E-state index contributed by atoms with van der Waals surface area (Å²) < 4.78 is 43.0. The fourth-order valence-electron chi connectivity index (χ4n) is 1.69. The maximum atomic E-state index is 12.7. The van der Waals surface area contributed by atoms with Crippen molar-refractivity contribution in [2.45, 2.75) is 6.18 Å². The summed E-state index contributed by atoms with van der Waals surface area (Å²) in [6.07, 6.45) is -3.15. The molecule has 0 atom stereocenters. The number of ether oxygens (including phenoxy) is 1. The van der Waals surface area contributed by atoms with Gasteiger partial charge in [-0.1, -0.05) is 0 Å². The van der Waals surface area contributed by atoms with Gasteiger partial charge in [-0.05, 0) is 12.1 Å². The smallest absolute Gasteiger partial charge is 0.396 e. The van der Waals surface area contributed by atoms with E-state index in [9.17, 15) is 18.3 Å². The van der Waals surface area contributed by atoms with E-state index in [1.807, 2.05) is 0 Å². The van der Waals surface area contributed by atoms with Gasteiger partial charge in [0.05, 0.1) is 30.8 Å². The quantitative estimate of drug-likeness (QED) is 0.864. The van der Waals surface area contributed by atoms with Crippen LogP contribution in [0, 0.1) is 5.41 Å². The van der Waals surface area contributed by atoms with Gasteiger partial charge in [-0.3, -0.25) is 0 Å². The van der Waals surface area contributed by atoms with E-state index in [-0.39, 0.29) is 19.0 Å². The monoisotopic (exact) mass is 262 g/mol. The summed E-state index contributed by atoms with van der Waals surface area (Å²) in [6, 6.07) is 2.21. The predicted octanol–water partition coefficient (Wildman–Crippen LogP) is 1.52. The number of aliphatic hydroxyl groups is 1. The predicted molar refractivity (Wildman–Crippen MR) is 58.1 cm³/mol. The second kappa shape index (κ2) is 4.74. The molecule has 1 fully saturated rings. The largest absolute Gasteiger partial charge is 0.419 e. The normalized spacial score (nSPS) is 18.2. The molecular weight excluding hydrogens is 249 g/mol. The lowest BCUT2D eigenvalue weighted by Gasteiger charge is -2.40. The zero-order valence-corrected chi connectivity index (χ0v) is 9.50. The number of nitrogens with zero attached hydrogens (tertiary/aromatic N) is 1. The van der Waals surface area contributed by atoms with Gasteiger partial charge in [0, 0.05) is 12.7 Å². The Hall–Kier alpha value is -1.34. The summed E-state index contributed by atoms with van der Waals surface area (Å²) in [5, 5.41) is 11.8. The molecule has 2 heterocycles. The molecule has 1 aliphatic rings. The lowest BCUT2D eigenvalue weighted by Crippen LogP contribution is -2.50. The number of anilines is 1. The Bertz CT molecular complexity index is 413. The highest BCUT2D eigenvalue weighted by molar-refractivity contribution is 5.45. The SMILES string of the molecule is OCC1(CNc2ncccc2C(F)(F)F)COC1. The molecule has 0 spiro atoms. The molecule has 1 aromatic heterocycles. The van der Waals surface area contributed by atoms with Crippen LogP contribution in [0.3, 0.4) is 0 Å². The Labute approximate surface area is 102 Å². The molecule has 18 heavy (non-hydrogen) atoms. The van der Waals surface area contributed by atoms with Crippen molar-refractivity contribution in [2.24, 2.45) is 5.41 Å². The average molecular weight is 262 g/mol. The molecule has 0 bridgehead atoms. The Morgan fingerprint density at radius 3 is 2.67 bits per heavy atom. The number of alkyl halides is 3. The minimum absolute atomic E-state index is 0.131. The third kappa shape index (κ3) is 2.56. The zero-order chi connectivity index (χ0) is 13.2. The van der Waals surface area contributed by atoms with E-state index in [1.165, 1.54) is 12.3 Å². The minimum Gasteiger partial charge on any atom is -0.396 e. The number of aromatic nitrogens is 1. The molecule has 0 aromatic carbocycles. The van der Waals surface area contributed by atoms with E-state index >= 15 is 0 Å². The first kappa shape index (κ1) is 13.1. The van der Waals surface area contributed by atoms with Crippen LogP contribution in [-0.4, -0.2) is 36.5 Å². The summed E-state index contributed by atoms with van der Waals surface area (Å²) in [4.78, 5) is 3.69. The molecule has 1 saturated heterocycles. The van der Waals surface area contributed by atoms with E-state index in [1.54, 1.807) is 0 Å². The number of pyridine rings is 1. The fourth-order valence-corrected chi connectivity index (χ4v) is 1.69. The Morgan fingerprint density at radius 1 is 1.44 bits per heavy atom. The van der Waals surface area contributed by atoms with Gasteiger partial charge in [-0.25, -0.2) is 4.98 Å². The number of aliphatic hydroxyl groups excluding tert-OH is 1. The Balaban J connectivity index is 2.10. The maximum Gasteiger partial charge on any atom is 0.419 e. The zero-order valence-electron chi connectivity index (χ0n) is 9.50. The Kier molecular flexibility index (Phi) is 3.45. The molecule has 2 rings (SSSR count). The molecule has 2 N–H and O–H groups in total. The number of hydrogen-bond donors (Lipinski definition) is 2. The van der Waals surface area contributed by atoms with Crippen molar-refractivity contribution in [1.82, 2.24) is 4.98 Å². The highest BCUT2D eigenvalue weighted by Gasteiger charge is 2.39. The molecule has 4 nitrogen and oxygen atoms in total. The summed E-state index contributed by atoms with van der Waals surface area (Å²) >= 11 is 0. The molecular formula is C11H13F3N2O2. The highest BCUT2D eigenvalue weighted by Crippen LogP contribution is 2.34. The molecule has 7 heteroatoms. The number of rotatable bonds is 4. The van der Waals surface area contributed by atoms with Gasteiger partial charge in [-0.2, -0.15) is 13.2 Å². The van der Waals surface area contributed by atoms with Crippen LogP contribution in [0.25, 0.3) is 0 Å². The maximum absolute atomic E-state index is 12.7. The van der Waals surface area contributed by atoms with Gasteiger partial charge in [0.1, 0.15) is 5.82 Å². The van der Waals surface area contributed by atoms with Crippen LogP contribution in [0.2, 0.25) is 0 Å².